The van der Waals surface area contributed by atoms with E-state index in [0.717, 1.165) is 5.56 Å². The Labute approximate surface area is 495 Å². The van der Waals surface area contributed by atoms with E-state index in [1.807, 2.05) is 13.8 Å². The van der Waals surface area contributed by atoms with Crippen molar-refractivity contribution in [2.24, 2.45) is 0 Å². The maximum Gasteiger partial charge on any atom is 0.408 e. The second-order valence-electron chi connectivity index (χ2n) is 27.5. The van der Waals surface area contributed by atoms with Crippen LogP contribution in [0.2, 0.25) is 0 Å². The molecule has 0 spiro atoms. The van der Waals surface area contributed by atoms with Crippen molar-refractivity contribution in [1.82, 2.24) is 26.6 Å². The Hall–Kier alpha value is -4.84. The fourth-order valence-electron chi connectivity index (χ4n) is 9.33. The van der Waals surface area contributed by atoms with Crippen LogP contribution in [0.3, 0.4) is 0 Å². The van der Waals surface area contributed by atoms with Crippen LogP contribution >= 0.6 is 0 Å². The number of amides is 5. The molecule has 482 valence electrons. The Morgan fingerprint density at radius 1 is 0.512 bits per heavy atom. The highest BCUT2D eigenvalue weighted by molar-refractivity contribution is 7.86. The van der Waals surface area contributed by atoms with Gasteiger partial charge in [-0.3, -0.25) is 0 Å². The van der Waals surface area contributed by atoms with Gasteiger partial charge in [0.1, 0.15) is 69.5 Å². The van der Waals surface area contributed by atoms with Gasteiger partial charge in [0, 0.05) is 13.0 Å². The predicted molar refractivity (Wildman–Crippen MR) is 304 cm³/mol. The van der Waals surface area contributed by atoms with Crippen molar-refractivity contribution in [3.05, 3.63) is 28.8 Å². The van der Waals surface area contributed by atoms with Gasteiger partial charge in [-0.05, 0) is 145 Å². The Kier molecular flexibility index (Phi) is 23.8. The van der Waals surface area contributed by atoms with Crippen molar-refractivity contribution in [3.63, 3.8) is 0 Å². The van der Waals surface area contributed by atoms with E-state index in [9.17, 15) is 52.8 Å². The molecule has 1 aliphatic carbocycles. The van der Waals surface area contributed by atoms with Gasteiger partial charge in [-0.25, -0.2) is 28.2 Å². The van der Waals surface area contributed by atoms with Crippen LogP contribution in [0.25, 0.3) is 0 Å². The summed E-state index contributed by atoms with van der Waals surface area (Å²) in [5, 5.41) is 61.5. The molecule has 14 atom stereocenters. The molecule has 2 heterocycles. The van der Waals surface area contributed by atoms with Crippen LogP contribution in [-0.2, 0) is 56.9 Å². The third kappa shape index (κ3) is 21.5. The quantitative estimate of drug-likeness (QED) is 0.0650. The first kappa shape index (κ1) is 71.6. The molecule has 3 fully saturated rings. The molecule has 4 rings (SSSR count). The van der Waals surface area contributed by atoms with Crippen molar-refractivity contribution in [2.45, 2.75) is 295 Å². The number of aliphatic hydroxyl groups excluding tert-OH is 4. The topological polar surface area (TPSA) is 353 Å². The van der Waals surface area contributed by atoms with E-state index < -0.39 is 161 Å². The lowest BCUT2D eigenvalue weighted by Gasteiger charge is -2.49. The number of aliphatic hydroxyl groups is 4. The third-order valence-electron chi connectivity index (χ3n) is 12.9. The van der Waals surface area contributed by atoms with Crippen LogP contribution in [0.15, 0.2) is 17.0 Å². The summed E-state index contributed by atoms with van der Waals surface area (Å²) < 4.78 is 88.8. The van der Waals surface area contributed by atoms with Crippen molar-refractivity contribution in [3.8, 4) is 0 Å². The van der Waals surface area contributed by atoms with Gasteiger partial charge in [0.05, 0.1) is 30.3 Å². The Bertz CT molecular complexity index is 2500. The first-order valence-corrected chi connectivity index (χ1v) is 29.9. The molecular weight excluding hydrogens is 1120 g/mol. The lowest BCUT2D eigenvalue weighted by Crippen LogP contribution is -2.70. The van der Waals surface area contributed by atoms with Crippen molar-refractivity contribution < 1.29 is 99.6 Å². The Morgan fingerprint density at radius 3 is 1.30 bits per heavy atom. The molecule has 9 N–H and O–H groups in total. The van der Waals surface area contributed by atoms with E-state index in [1.165, 1.54) is 0 Å². The highest BCUT2D eigenvalue weighted by Crippen LogP contribution is 2.39. The zero-order chi connectivity index (χ0) is 64.2. The molecule has 1 aromatic carbocycles. The summed E-state index contributed by atoms with van der Waals surface area (Å²) in [4.78, 5) is 67.2. The zero-order valence-electron chi connectivity index (χ0n) is 52.7. The molecule has 84 heavy (non-hydrogen) atoms. The normalized spacial score (nSPS) is 28.2. The van der Waals surface area contributed by atoms with Gasteiger partial charge in [-0.2, -0.15) is 8.42 Å². The molecule has 26 nitrogen and oxygen atoms in total. The van der Waals surface area contributed by atoms with Crippen LogP contribution in [0.4, 0.5) is 24.0 Å². The SMILES string of the molecule is CC(C)c1cc(C(C)C)c(S(=O)(=O)OC2OC(OC3C(NC(=O)OC(C)(C)C)CC(NC(=O)OC(C)(C)C)C(OC4OC(CNC(=O)OC(C)(C)C)C(O)CC4NC(=O)OC(C)(C)C)C3O)C(O)C(NC(=O)OC(C)(C)C)C2O)c(C(C)C)c1. The molecule has 3 aliphatic rings. The number of hydrogen-bond donors (Lipinski definition) is 9. The second kappa shape index (κ2) is 27.9. The summed E-state index contributed by atoms with van der Waals surface area (Å²) in [6.45, 7) is 34.8. The summed E-state index contributed by atoms with van der Waals surface area (Å²) in [6, 6.07) is -2.55. The van der Waals surface area contributed by atoms with Crippen LogP contribution in [0.1, 0.15) is 193 Å². The summed E-state index contributed by atoms with van der Waals surface area (Å²) in [5.41, 5.74) is -3.55. The number of carbonyl (C=O) groups excluding carboxylic acids is 5. The van der Waals surface area contributed by atoms with Gasteiger partial charge in [0.25, 0.3) is 10.1 Å². The van der Waals surface area contributed by atoms with E-state index in [4.69, 9.17) is 46.8 Å². The van der Waals surface area contributed by atoms with Crippen molar-refractivity contribution >= 4 is 40.6 Å². The minimum atomic E-state index is -4.97. The summed E-state index contributed by atoms with van der Waals surface area (Å²) in [5.74, 6) is -0.741. The number of benzene rings is 1. The largest absolute Gasteiger partial charge is 0.444 e. The summed E-state index contributed by atoms with van der Waals surface area (Å²) in [7, 11) is -4.97. The lowest BCUT2D eigenvalue weighted by atomic mass is 9.83. The number of alkyl carbamates (subject to hydrolysis) is 5. The molecule has 1 aromatic rings. The molecule has 0 radical (unpaired) electrons. The molecule has 0 bridgehead atoms. The first-order valence-electron chi connectivity index (χ1n) is 28.5. The molecule has 2 aliphatic heterocycles. The molecule has 5 amide bonds. The molecule has 1 saturated carbocycles. The maximum atomic E-state index is 14.9. The van der Waals surface area contributed by atoms with Crippen LogP contribution < -0.4 is 26.6 Å². The van der Waals surface area contributed by atoms with Crippen LogP contribution in [0.5, 0.6) is 0 Å². The highest BCUT2D eigenvalue weighted by Gasteiger charge is 2.55. The molecule has 14 unspecified atom stereocenters. The molecule has 0 aromatic heterocycles. The average molecular weight is 1220 g/mol. The van der Waals surface area contributed by atoms with E-state index in [-0.39, 0.29) is 35.6 Å². The number of rotatable bonds is 16. The molecule has 2 saturated heterocycles. The van der Waals surface area contributed by atoms with E-state index in [0.29, 0.717) is 11.1 Å². The van der Waals surface area contributed by atoms with E-state index in [1.54, 1.807) is 144 Å². The minimum Gasteiger partial charge on any atom is -0.444 e. The monoisotopic (exact) mass is 1220 g/mol. The smallest absolute Gasteiger partial charge is 0.408 e. The fraction of sp³-hybridized carbons (Fsp3) is 0.807. The van der Waals surface area contributed by atoms with Gasteiger partial charge in [-0.15, -0.1) is 0 Å². The third-order valence-corrected chi connectivity index (χ3v) is 14.3. The predicted octanol–water partition coefficient (Wildman–Crippen LogP) is 6.28. The maximum absolute atomic E-state index is 14.9. The van der Waals surface area contributed by atoms with E-state index in [2.05, 4.69) is 26.6 Å². The van der Waals surface area contributed by atoms with Gasteiger partial charge in [0.15, 0.2) is 12.6 Å². The van der Waals surface area contributed by atoms with E-state index >= 15 is 0 Å². The minimum absolute atomic E-state index is 0.000781. The Morgan fingerprint density at radius 2 is 0.893 bits per heavy atom. The molecular formula is C57H97N5O21S. The average Bonchev–Trinajstić information content (AvgIpc) is 1.68. The molecule has 27 heteroatoms. The standard InChI is InChI=1S/C57H97N5O21S/c1-27(2)30-22-31(28(3)4)44(32(23-30)29(5)6)84(72,73)83-47-40(65)38(62-52(71)82-57(19,20)21)39(64)46(77-47)76-43-34(60-50(69)80-55(13,14)15)24-33(59-49(68)79-54(10,11)12)42(41(43)66)75-45-35(61-51(70)81-56(16,17)18)25-36(63)37(74-45)26-58-48(67)78-53(7,8)9/h22-23,27-29,33-43,45-47,63-66H,24-26H2,1-21H3,(H,58,67)(H,59,68)(H,60,69)(H,61,70)(H,62,71). The fourth-order valence-corrected chi connectivity index (χ4v) is 11.0. The number of carbonyl (C=O) groups is 5. The van der Waals surface area contributed by atoms with Crippen LogP contribution in [0, 0.1) is 0 Å². The highest BCUT2D eigenvalue weighted by atomic mass is 32.2. The van der Waals surface area contributed by atoms with Crippen molar-refractivity contribution in [2.75, 3.05) is 6.54 Å². The summed E-state index contributed by atoms with van der Waals surface area (Å²) in [6.07, 6.45) is -24.7. The number of hydrogen-bond acceptors (Lipinski definition) is 21. The van der Waals surface area contributed by atoms with Gasteiger partial charge >= 0.3 is 30.5 Å². The number of nitrogens with one attached hydrogen (secondary N) is 5. The first-order chi connectivity index (χ1) is 38.1. The number of ether oxygens (including phenoxy) is 9. The van der Waals surface area contributed by atoms with Crippen molar-refractivity contribution in [1.29, 1.82) is 0 Å². The lowest BCUT2D eigenvalue weighted by molar-refractivity contribution is -0.339. The van der Waals surface area contributed by atoms with Gasteiger partial charge in [-0.1, -0.05) is 53.7 Å². The summed E-state index contributed by atoms with van der Waals surface area (Å²) >= 11 is 0. The zero-order valence-corrected chi connectivity index (χ0v) is 53.5. The van der Waals surface area contributed by atoms with Gasteiger partial charge in [0.2, 0.25) is 6.29 Å². The van der Waals surface area contributed by atoms with Crippen LogP contribution in [-0.4, -0.2) is 180 Å². The second-order valence-corrected chi connectivity index (χ2v) is 29.0. The van der Waals surface area contributed by atoms with Gasteiger partial charge < -0.3 is 89.6 Å². The Balaban J connectivity index is 1.93.